The van der Waals surface area contributed by atoms with E-state index < -0.39 is 11.9 Å². The molecule has 0 aliphatic heterocycles. The number of carbonyl (C=O) groups is 1. The van der Waals surface area contributed by atoms with Crippen LogP contribution in [0.15, 0.2) is 55.1 Å². The highest BCUT2D eigenvalue weighted by atomic mass is 35.5. The molecule has 0 amide bonds. The third-order valence-electron chi connectivity index (χ3n) is 4.47. The van der Waals surface area contributed by atoms with Gasteiger partial charge >= 0.3 is 5.97 Å². The average molecular weight is 441 g/mol. The van der Waals surface area contributed by atoms with Gasteiger partial charge in [-0.2, -0.15) is 0 Å². The van der Waals surface area contributed by atoms with Crippen LogP contribution < -0.4 is 5.73 Å². The number of hydrogen-bond donors (Lipinski definition) is 2. The van der Waals surface area contributed by atoms with E-state index in [2.05, 4.69) is 20.2 Å². The SMILES string of the molecule is Nc1ccc(CC(C(=O)O)c2cn(Cc3nnc(-c4ccc(Cl)cc4)s3)cn2)cn1. The van der Waals surface area contributed by atoms with Crippen LogP contribution in [0.3, 0.4) is 0 Å². The number of nitrogens with zero attached hydrogens (tertiary/aromatic N) is 5. The van der Waals surface area contributed by atoms with Gasteiger partial charge < -0.3 is 15.4 Å². The molecule has 30 heavy (non-hydrogen) atoms. The molecule has 4 rings (SSSR count). The maximum absolute atomic E-state index is 11.8. The lowest BCUT2D eigenvalue weighted by Crippen LogP contribution is -2.15. The molecule has 8 nitrogen and oxygen atoms in total. The normalized spacial score (nSPS) is 12.0. The lowest BCUT2D eigenvalue weighted by Gasteiger charge is -2.09. The predicted molar refractivity (Wildman–Crippen MR) is 114 cm³/mol. The Morgan fingerprint density at radius 2 is 1.97 bits per heavy atom. The van der Waals surface area contributed by atoms with Crippen molar-refractivity contribution in [3.05, 3.63) is 76.4 Å². The van der Waals surface area contributed by atoms with E-state index in [1.807, 2.05) is 24.3 Å². The van der Waals surface area contributed by atoms with Crippen LogP contribution in [0.25, 0.3) is 10.6 Å². The minimum atomic E-state index is -0.946. The average Bonchev–Trinajstić information content (AvgIpc) is 3.38. The number of rotatable bonds is 7. The Hall–Kier alpha value is -3.30. The highest BCUT2D eigenvalue weighted by Crippen LogP contribution is 2.26. The topological polar surface area (TPSA) is 120 Å². The Balaban J connectivity index is 1.48. The molecule has 0 saturated carbocycles. The molecule has 0 aliphatic carbocycles. The number of aliphatic carboxylic acids is 1. The van der Waals surface area contributed by atoms with Gasteiger partial charge in [0, 0.05) is 23.0 Å². The van der Waals surface area contributed by atoms with Crippen molar-refractivity contribution < 1.29 is 9.90 Å². The van der Waals surface area contributed by atoms with Crippen molar-refractivity contribution in [2.45, 2.75) is 18.9 Å². The fraction of sp³-hybridized carbons (Fsp3) is 0.150. The molecule has 1 aromatic carbocycles. The standard InChI is InChI=1S/C20H17ClN6O2S/c21-14-4-2-13(3-5-14)19-26-25-18(30-19)10-27-9-16(24-11-27)15(20(28)29)7-12-1-6-17(22)23-8-12/h1-6,8-9,11,15H,7,10H2,(H2,22,23)(H,28,29). The summed E-state index contributed by atoms with van der Waals surface area (Å²) in [4.78, 5) is 20.1. The van der Waals surface area contributed by atoms with Crippen LogP contribution in [-0.4, -0.2) is 35.8 Å². The summed E-state index contributed by atoms with van der Waals surface area (Å²) in [5.41, 5.74) is 7.79. The zero-order valence-corrected chi connectivity index (χ0v) is 17.2. The number of benzene rings is 1. The first kappa shape index (κ1) is 20.0. The van der Waals surface area contributed by atoms with Crippen molar-refractivity contribution in [1.29, 1.82) is 0 Å². The van der Waals surface area contributed by atoms with Crippen molar-refractivity contribution >= 4 is 34.7 Å². The molecule has 0 aliphatic rings. The maximum Gasteiger partial charge on any atom is 0.312 e. The molecule has 10 heteroatoms. The van der Waals surface area contributed by atoms with Crippen LogP contribution >= 0.6 is 22.9 Å². The summed E-state index contributed by atoms with van der Waals surface area (Å²) in [7, 11) is 0. The Bertz CT molecular complexity index is 1160. The lowest BCUT2D eigenvalue weighted by molar-refractivity contribution is -0.138. The molecule has 152 valence electrons. The summed E-state index contributed by atoms with van der Waals surface area (Å²) in [5.74, 6) is -1.33. The van der Waals surface area contributed by atoms with Gasteiger partial charge in [0.2, 0.25) is 0 Å². The first-order valence-corrected chi connectivity index (χ1v) is 10.2. The van der Waals surface area contributed by atoms with Gasteiger partial charge in [0.15, 0.2) is 0 Å². The molecule has 0 saturated heterocycles. The van der Waals surface area contributed by atoms with Gasteiger partial charge in [0.05, 0.1) is 18.6 Å². The molecule has 4 aromatic rings. The zero-order chi connectivity index (χ0) is 21.1. The molecule has 1 atom stereocenters. The number of anilines is 1. The predicted octanol–water partition coefficient (Wildman–Crippen LogP) is 3.49. The molecular weight excluding hydrogens is 424 g/mol. The second kappa shape index (κ2) is 8.60. The van der Waals surface area contributed by atoms with Crippen molar-refractivity contribution in [3.63, 3.8) is 0 Å². The summed E-state index contributed by atoms with van der Waals surface area (Å²) in [5, 5.41) is 20.4. The van der Waals surface area contributed by atoms with E-state index in [0.717, 1.165) is 21.1 Å². The number of carboxylic acid groups (broad SMARTS) is 1. The number of carboxylic acids is 1. The number of nitrogen functional groups attached to an aromatic ring is 1. The summed E-state index contributed by atoms with van der Waals surface area (Å²) >= 11 is 7.39. The summed E-state index contributed by atoms with van der Waals surface area (Å²) < 4.78 is 1.80. The third kappa shape index (κ3) is 4.64. The lowest BCUT2D eigenvalue weighted by atomic mass is 9.98. The van der Waals surface area contributed by atoms with Crippen LogP contribution in [0.5, 0.6) is 0 Å². The Labute approximate surface area is 181 Å². The van der Waals surface area contributed by atoms with E-state index in [-0.39, 0.29) is 6.42 Å². The summed E-state index contributed by atoms with van der Waals surface area (Å²) in [6.45, 7) is 0.452. The third-order valence-corrected chi connectivity index (χ3v) is 5.68. The highest BCUT2D eigenvalue weighted by Gasteiger charge is 2.23. The molecule has 1 unspecified atom stereocenters. The molecule has 0 bridgehead atoms. The smallest absolute Gasteiger partial charge is 0.312 e. The van der Waals surface area contributed by atoms with E-state index in [9.17, 15) is 9.90 Å². The van der Waals surface area contributed by atoms with Gasteiger partial charge in [-0.05, 0) is 30.2 Å². The molecular formula is C20H17ClN6O2S. The van der Waals surface area contributed by atoms with Crippen LogP contribution in [0, 0.1) is 0 Å². The summed E-state index contributed by atoms with van der Waals surface area (Å²) in [6.07, 6.45) is 5.20. The Kier molecular flexibility index (Phi) is 5.73. The van der Waals surface area contributed by atoms with Gasteiger partial charge in [0.1, 0.15) is 21.8 Å². The zero-order valence-electron chi connectivity index (χ0n) is 15.6. The second-order valence-corrected chi connectivity index (χ2v) is 8.16. The van der Waals surface area contributed by atoms with Crippen molar-refractivity contribution in [2.24, 2.45) is 0 Å². The highest BCUT2D eigenvalue weighted by molar-refractivity contribution is 7.14. The van der Waals surface area contributed by atoms with Gasteiger partial charge in [-0.1, -0.05) is 41.1 Å². The van der Waals surface area contributed by atoms with Gasteiger partial charge in [-0.3, -0.25) is 4.79 Å². The van der Waals surface area contributed by atoms with E-state index >= 15 is 0 Å². The molecule has 3 aromatic heterocycles. The largest absolute Gasteiger partial charge is 0.481 e. The Morgan fingerprint density at radius 1 is 1.17 bits per heavy atom. The van der Waals surface area contributed by atoms with Gasteiger partial charge in [-0.25, -0.2) is 9.97 Å². The number of aromatic nitrogens is 5. The van der Waals surface area contributed by atoms with Crippen molar-refractivity contribution in [3.8, 4) is 10.6 Å². The minimum absolute atomic E-state index is 0.277. The number of nitrogens with two attached hydrogens (primary N) is 1. The van der Waals surface area contributed by atoms with Crippen LogP contribution in [0.1, 0.15) is 22.2 Å². The monoisotopic (exact) mass is 440 g/mol. The van der Waals surface area contributed by atoms with Crippen LogP contribution in [-0.2, 0) is 17.8 Å². The Morgan fingerprint density at radius 3 is 2.67 bits per heavy atom. The molecule has 0 spiro atoms. The van der Waals surface area contributed by atoms with Gasteiger partial charge in [-0.15, -0.1) is 10.2 Å². The first-order chi connectivity index (χ1) is 14.5. The van der Waals surface area contributed by atoms with Crippen molar-refractivity contribution in [2.75, 3.05) is 5.73 Å². The molecule has 0 fully saturated rings. The van der Waals surface area contributed by atoms with Crippen LogP contribution in [0.2, 0.25) is 5.02 Å². The van der Waals surface area contributed by atoms with E-state index in [4.69, 9.17) is 17.3 Å². The summed E-state index contributed by atoms with van der Waals surface area (Å²) in [6, 6.07) is 10.8. The number of halogens is 1. The molecule has 3 heterocycles. The maximum atomic E-state index is 11.8. The van der Waals surface area contributed by atoms with E-state index in [1.54, 1.807) is 35.4 Å². The fourth-order valence-electron chi connectivity index (χ4n) is 2.94. The first-order valence-electron chi connectivity index (χ1n) is 9.01. The number of pyridine rings is 1. The molecule has 3 N–H and O–H groups in total. The fourth-order valence-corrected chi connectivity index (χ4v) is 3.92. The van der Waals surface area contributed by atoms with E-state index in [0.29, 0.717) is 23.1 Å². The number of hydrogen-bond acceptors (Lipinski definition) is 7. The number of imidazole rings is 1. The quantitative estimate of drug-likeness (QED) is 0.451. The van der Waals surface area contributed by atoms with Crippen molar-refractivity contribution in [1.82, 2.24) is 24.7 Å². The van der Waals surface area contributed by atoms with Gasteiger partial charge in [0.25, 0.3) is 0 Å². The van der Waals surface area contributed by atoms with E-state index in [1.165, 1.54) is 11.3 Å². The second-order valence-electron chi connectivity index (χ2n) is 6.66. The van der Waals surface area contributed by atoms with Crippen LogP contribution in [0.4, 0.5) is 5.82 Å². The molecule has 0 radical (unpaired) electrons. The minimum Gasteiger partial charge on any atom is -0.481 e.